The molecular weight excluding hydrogens is 462 g/mol. The van der Waals surface area contributed by atoms with Crippen LogP contribution in [0.2, 0.25) is 0 Å². The average molecular weight is 490 g/mol. The summed E-state index contributed by atoms with van der Waals surface area (Å²) in [4.78, 5) is 28.9. The summed E-state index contributed by atoms with van der Waals surface area (Å²) in [6.45, 7) is 4.88. The van der Waals surface area contributed by atoms with Gasteiger partial charge in [0.05, 0.1) is 11.9 Å². The minimum Gasteiger partial charge on any atom is -0.396 e. The van der Waals surface area contributed by atoms with Crippen LogP contribution in [0.15, 0.2) is 40.0 Å². The number of nitrogens with one attached hydrogen (secondary N) is 2. The van der Waals surface area contributed by atoms with Gasteiger partial charge in [0.2, 0.25) is 5.91 Å². The van der Waals surface area contributed by atoms with Gasteiger partial charge in [-0.3, -0.25) is 14.6 Å². The molecule has 5 rings (SSSR count). The summed E-state index contributed by atoms with van der Waals surface area (Å²) in [5, 5.41) is 20.4. The zero-order chi connectivity index (χ0) is 22.2. The molecule has 4 unspecified atom stereocenters. The number of halogens is 1. The maximum Gasteiger partial charge on any atom is 0.283 e. The molecule has 2 heterocycles. The minimum absolute atomic E-state index is 0.0961. The fraction of sp³-hybridized carbons (Fsp3) is 0.545. The molecule has 3 fully saturated rings. The molecule has 2 aromatic heterocycles. The Kier molecular flexibility index (Phi) is 6.16. The molecule has 0 saturated heterocycles. The smallest absolute Gasteiger partial charge is 0.283 e. The molecule has 0 spiro atoms. The Hall–Kier alpha value is -2.26. The quantitative estimate of drug-likeness (QED) is 0.549. The van der Waals surface area contributed by atoms with E-state index in [2.05, 4.69) is 50.5 Å². The number of aromatic nitrogens is 3. The first kappa shape index (κ1) is 22.0. The second-order valence-electron chi connectivity index (χ2n) is 9.16. The molecule has 3 N–H and O–H groups in total. The molecule has 2 aromatic rings. The van der Waals surface area contributed by atoms with Crippen molar-refractivity contribution in [2.45, 2.75) is 45.8 Å². The molecule has 3 saturated carbocycles. The molecule has 166 valence electrons. The SMILES string of the molecule is CC1(C)C2CC(Nc3cnn(CC(=O)NCc4ccncc4)c(=O)c3Br)C(CO)C1C2. The first-order valence-corrected chi connectivity index (χ1v) is 11.4. The van der Waals surface area contributed by atoms with Gasteiger partial charge in [0, 0.05) is 37.5 Å². The van der Waals surface area contributed by atoms with Crippen molar-refractivity contribution in [2.75, 3.05) is 11.9 Å². The van der Waals surface area contributed by atoms with Gasteiger partial charge in [0.25, 0.3) is 5.56 Å². The summed E-state index contributed by atoms with van der Waals surface area (Å²) >= 11 is 3.38. The molecule has 3 aliphatic rings. The maximum absolute atomic E-state index is 12.7. The molecule has 8 nitrogen and oxygen atoms in total. The number of carbonyl (C=O) groups excluding carboxylic acids is 1. The number of amides is 1. The molecule has 0 aliphatic heterocycles. The number of hydrogen-bond acceptors (Lipinski definition) is 6. The number of carbonyl (C=O) groups is 1. The van der Waals surface area contributed by atoms with Crippen LogP contribution in [0, 0.1) is 23.2 Å². The van der Waals surface area contributed by atoms with Crippen LogP contribution in [-0.4, -0.2) is 38.4 Å². The Morgan fingerprint density at radius 1 is 1.32 bits per heavy atom. The van der Waals surface area contributed by atoms with E-state index in [0.717, 1.165) is 23.1 Å². The monoisotopic (exact) mass is 489 g/mol. The number of aliphatic hydroxyl groups is 1. The van der Waals surface area contributed by atoms with Gasteiger partial charge in [0.1, 0.15) is 11.0 Å². The topological polar surface area (TPSA) is 109 Å². The van der Waals surface area contributed by atoms with E-state index < -0.39 is 0 Å². The number of anilines is 1. The van der Waals surface area contributed by atoms with Crippen molar-refractivity contribution in [2.24, 2.45) is 23.2 Å². The first-order valence-electron chi connectivity index (χ1n) is 10.6. The highest BCUT2D eigenvalue weighted by Crippen LogP contribution is 2.61. The highest BCUT2D eigenvalue weighted by Gasteiger charge is 2.57. The van der Waals surface area contributed by atoms with Crippen LogP contribution in [0.3, 0.4) is 0 Å². The molecule has 0 aromatic carbocycles. The summed E-state index contributed by atoms with van der Waals surface area (Å²) in [6.07, 6.45) is 7.01. The lowest BCUT2D eigenvalue weighted by Crippen LogP contribution is -2.60. The Labute approximate surface area is 189 Å². The lowest BCUT2D eigenvalue weighted by atomic mass is 9.44. The van der Waals surface area contributed by atoms with Crippen LogP contribution in [0.1, 0.15) is 32.3 Å². The van der Waals surface area contributed by atoms with Gasteiger partial charge in [-0.2, -0.15) is 5.10 Å². The van der Waals surface area contributed by atoms with Crippen molar-refractivity contribution in [1.82, 2.24) is 20.1 Å². The van der Waals surface area contributed by atoms with Crippen molar-refractivity contribution in [3.63, 3.8) is 0 Å². The van der Waals surface area contributed by atoms with Crippen LogP contribution in [0.4, 0.5) is 5.69 Å². The van der Waals surface area contributed by atoms with Gasteiger partial charge in [-0.15, -0.1) is 0 Å². The van der Waals surface area contributed by atoms with Gasteiger partial charge in [-0.1, -0.05) is 13.8 Å². The van der Waals surface area contributed by atoms with Crippen LogP contribution in [0.5, 0.6) is 0 Å². The fourth-order valence-corrected chi connectivity index (χ4v) is 5.56. The maximum atomic E-state index is 12.7. The highest BCUT2D eigenvalue weighted by molar-refractivity contribution is 9.10. The van der Waals surface area contributed by atoms with Gasteiger partial charge in [0.15, 0.2) is 0 Å². The summed E-state index contributed by atoms with van der Waals surface area (Å²) in [7, 11) is 0. The number of fused-ring (bicyclic) bond motifs is 2. The largest absolute Gasteiger partial charge is 0.396 e. The Balaban J connectivity index is 1.41. The first-order chi connectivity index (χ1) is 14.8. The summed E-state index contributed by atoms with van der Waals surface area (Å²) < 4.78 is 1.49. The van der Waals surface area contributed by atoms with E-state index in [1.165, 1.54) is 0 Å². The lowest BCUT2D eigenvalue weighted by Gasteiger charge is -2.62. The molecular formula is C22H28BrN5O3. The van der Waals surface area contributed by atoms with Crippen molar-refractivity contribution in [1.29, 1.82) is 0 Å². The average Bonchev–Trinajstić information content (AvgIpc) is 2.77. The van der Waals surface area contributed by atoms with Crippen LogP contribution in [0.25, 0.3) is 0 Å². The van der Waals surface area contributed by atoms with Gasteiger partial charge in [-0.25, -0.2) is 4.68 Å². The van der Waals surface area contributed by atoms with E-state index in [0.29, 0.717) is 28.5 Å². The molecule has 9 heteroatoms. The standard InChI is InChI=1S/C22H28BrN5O3/c1-22(2)14-7-16(22)15(12-29)17(8-14)27-18-10-26-28(21(31)20(18)23)11-19(30)25-9-13-3-5-24-6-4-13/h3-6,10,14-17,27,29H,7-9,11-12H2,1-2H3,(H,25,30). The number of pyridine rings is 1. The van der Waals surface area contributed by atoms with E-state index in [9.17, 15) is 14.7 Å². The number of aliphatic hydroxyl groups excluding tert-OH is 1. The number of nitrogens with zero attached hydrogens (tertiary/aromatic N) is 3. The predicted octanol–water partition coefficient (Wildman–Crippen LogP) is 2.17. The molecule has 2 bridgehead atoms. The third-order valence-electron chi connectivity index (χ3n) is 7.19. The van der Waals surface area contributed by atoms with Crippen molar-refractivity contribution in [3.05, 3.63) is 51.1 Å². The van der Waals surface area contributed by atoms with Crippen LogP contribution >= 0.6 is 15.9 Å². The van der Waals surface area contributed by atoms with Crippen LogP contribution < -0.4 is 16.2 Å². The van der Waals surface area contributed by atoms with Gasteiger partial charge >= 0.3 is 0 Å². The lowest BCUT2D eigenvalue weighted by molar-refractivity contribution is -0.122. The second-order valence-corrected chi connectivity index (χ2v) is 9.95. The van der Waals surface area contributed by atoms with Crippen molar-refractivity contribution >= 4 is 27.5 Å². The summed E-state index contributed by atoms with van der Waals surface area (Å²) in [5.41, 5.74) is 1.41. The summed E-state index contributed by atoms with van der Waals surface area (Å²) in [6, 6.07) is 3.73. The fourth-order valence-electron chi connectivity index (χ4n) is 5.14. The van der Waals surface area contributed by atoms with Crippen molar-refractivity contribution < 1.29 is 9.90 Å². The molecule has 0 radical (unpaired) electrons. The number of hydrogen-bond donors (Lipinski definition) is 3. The highest BCUT2D eigenvalue weighted by atomic mass is 79.9. The molecule has 1 amide bonds. The Morgan fingerprint density at radius 3 is 2.74 bits per heavy atom. The normalized spacial score (nSPS) is 26.1. The third kappa shape index (κ3) is 4.25. The zero-order valence-electron chi connectivity index (χ0n) is 17.7. The predicted molar refractivity (Wildman–Crippen MR) is 120 cm³/mol. The van der Waals surface area contributed by atoms with E-state index in [-0.39, 0.29) is 42.0 Å². The Bertz CT molecular complexity index is 1010. The van der Waals surface area contributed by atoms with Crippen LogP contribution in [-0.2, 0) is 17.9 Å². The van der Waals surface area contributed by atoms with Gasteiger partial charge < -0.3 is 15.7 Å². The number of rotatable bonds is 7. The van der Waals surface area contributed by atoms with E-state index in [1.807, 2.05) is 12.1 Å². The van der Waals surface area contributed by atoms with Gasteiger partial charge in [-0.05, 0) is 63.7 Å². The minimum atomic E-state index is -0.370. The second kappa shape index (κ2) is 8.70. The molecule has 31 heavy (non-hydrogen) atoms. The van der Waals surface area contributed by atoms with Crippen molar-refractivity contribution in [3.8, 4) is 0 Å². The Morgan fingerprint density at radius 2 is 2.06 bits per heavy atom. The molecule has 3 aliphatic carbocycles. The zero-order valence-corrected chi connectivity index (χ0v) is 19.3. The third-order valence-corrected chi connectivity index (χ3v) is 7.95. The van der Waals surface area contributed by atoms with E-state index >= 15 is 0 Å². The van der Waals surface area contributed by atoms with E-state index in [4.69, 9.17) is 0 Å². The summed E-state index contributed by atoms with van der Waals surface area (Å²) in [5.74, 6) is 0.946. The van der Waals surface area contributed by atoms with E-state index in [1.54, 1.807) is 18.6 Å². The molecule has 4 atom stereocenters.